The van der Waals surface area contributed by atoms with Gasteiger partial charge in [0.2, 0.25) is 21.1 Å². The molecular weight excluding hydrogens is 440 g/mol. The number of carbonyl (C=O) groups excluding carboxylic acids is 1. The number of sulfonamides is 1. The van der Waals surface area contributed by atoms with E-state index in [4.69, 9.17) is 4.74 Å². The van der Waals surface area contributed by atoms with Gasteiger partial charge in [0.25, 0.3) is 0 Å². The van der Waals surface area contributed by atoms with E-state index in [-0.39, 0.29) is 10.8 Å². The van der Waals surface area contributed by atoms with Crippen molar-refractivity contribution in [2.75, 3.05) is 31.6 Å². The maximum atomic E-state index is 12.7. The predicted molar refractivity (Wildman–Crippen MR) is 115 cm³/mol. The summed E-state index contributed by atoms with van der Waals surface area (Å²) >= 11 is 1.32. The van der Waals surface area contributed by atoms with E-state index >= 15 is 0 Å². The summed E-state index contributed by atoms with van der Waals surface area (Å²) in [4.78, 5) is 12.8. The quantitative estimate of drug-likeness (QED) is 0.615. The number of ether oxygens (including phenoxy) is 1. The first-order valence-corrected chi connectivity index (χ1v) is 12.7. The van der Waals surface area contributed by atoms with Gasteiger partial charge in [-0.15, -0.1) is 5.10 Å². The number of carbonyl (C=O) groups is 1. The number of amides is 1. The third kappa shape index (κ3) is 5.08. The summed E-state index contributed by atoms with van der Waals surface area (Å²) in [7, 11) is -3.56. The predicted octanol–water partition coefficient (Wildman–Crippen LogP) is 1.93. The van der Waals surface area contributed by atoms with Crippen molar-refractivity contribution in [1.29, 1.82) is 0 Å². The molecule has 0 unspecified atom stereocenters. The molecule has 10 nitrogen and oxygen atoms in total. The Kier molecular flexibility index (Phi) is 6.89. The van der Waals surface area contributed by atoms with Crippen molar-refractivity contribution in [3.8, 4) is 0 Å². The Hall–Kier alpha value is -2.02. The standard InChI is InChI=1S/C19H26N6O4S2/c1-14(30-19-21-22-23-25(19)16-4-2-3-5-16)18(26)20-15-6-8-17(9-7-15)31(27,28)24-10-12-29-13-11-24/h6-9,14,16H,2-5,10-13H2,1H3,(H,20,26)/t14-/m1/s1. The second-order valence-electron chi connectivity index (χ2n) is 7.63. The number of aromatic nitrogens is 4. The maximum Gasteiger partial charge on any atom is 0.243 e. The van der Waals surface area contributed by atoms with Crippen LogP contribution in [0.3, 0.4) is 0 Å². The summed E-state index contributed by atoms with van der Waals surface area (Å²) in [6.07, 6.45) is 4.45. The fourth-order valence-corrected chi connectivity index (χ4v) is 6.01. The molecule has 1 aliphatic heterocycles. The van der Waals surface area contributed by atoms with Crippen LogP contribution in [0.25, 0.3) is 0 Å². The van der Waals surface area contributed by atoms with E-state index in [0.717, 1.165) is 12.8 Å². The molecule has 1 atom stereocenters. The van der Waals surface area contributed by atoms with Gasteiger partial charge in [0, 0.05) is 18.8 Å². The van der Waals surface area contributed by atoms with Crippen LogP contribution < -0.4 is 5.32 Å². The van der Waals surface area contributed by atoms with Crippen LogP contribution in [0.2, 0.25) is 0 Å². The van der Waals surface area contributed by atoms with Gasteiger partial charge >= 0.3 is 0 Å². The van der Waals surface area contributed by atoms with E-state index in [1.807, 2.05) is 4.68 Å². The minimum absolute atomic E-state index is 0.199. The second-order valence-corrected chi connectivity index (χ2v) is 10.9. The summed E-state index contributed by atoms with van der Waals surface area (Å²) in [5.41, 5.74) is 0.536. The zero-order valence-electron chi connectivity index (χ0n) is 17.3. The lowest BCUT2D eigenvalue weighted by atomic mass is 10.3. The minimum Gasteiger partial charge on any atom is -0.379 e. The summed E-state index contributed by atoms with van der Waals surface area (Å²) in [6.45, 7) is 3.27. The van der Waals surface area contributed by atoms with E-state index in [2.05, 4.69) is 20.8 Å². The number of rotatable bonds is 7. The Balaban J connectivity index is 1.37. The Bertz CT molecular complexity index is 999. The number of nitrogens with one attached hydrogen (secondary N) is 1. The lowest BCUT2D eigenvalue weighted by Crippen LogP contribution is -2.40. The number of hydrogen-bond acceptors (Lipinski definition) is 8. The third-order valence-electron chi connectivity index (χ3n) is 5.51. The molecule has 1 saturated heterocycles. The van der Waals surface area contributed by atoms with Crippen LogP contribution in [0.1, 0.15) is 38.6 Å². The zero-order chi connectivity index (χ0) is 21.8. The van der Waals surface area contributed by atoms with E-state index in [0.29, 0.717) is 43.2 Å². The van der Waals surface area contributed by atoms with Crippen LogP contribution in [0.15, 0.2) is 34.3 Å². The lowest BCUT2D eigenvalue weighted by molar-refractivity contribution is -0.115. The molecule has 1 saturated carbocycles. The number of morpholine rings is 1. The summed E-state index contributed by atoms with van der Waals surface area (Å²) in [6, 6.07) is 6.53. The van der Waals surface area contributed by atoms with Crippen molar-refractivity contribution in [1.82, 2.24) is 24.5 Å². The van der Waals surface area contributed by atoms with Crippen molar-refractivity contribution in [3.63, 3.8) is 0 Å². The molecule has 2 fully saturated rings. The van der Waals surface area contributed by atoms with Gasteiger partial charge in [-0.2, -0.15) is 4.31 Å². The average molecular weight is 467 g/mol. The highest BCUT2D eigenvalue weighted by molar-refractivity contribution is 8.00. The molecule has 2 heterocycles. The van der Waals surface area contributed by atoms with Crippen LogP contribution in [-0.4, -0.2) is 70.4 Å². The third-order valence-corrected chi connectivity index (χ3v) is 8.47. The highest BCUT2D eigenvalue weighted by Gasteiger charge is 2.27. The first kappa shape index (κ1) is 22.2. The van der Waals surface area contributed by atoms with E-state index in [9.17, 15) is 13.2 Å². The first-order valence-electron chi connectivity index (χ1n) is 10.4. The molecule has 2 aromatic rings. The van der Waals surface area contributed by atoms with Gasteiger partial charge < -0.3 is 10.1 Å². The molecule has 4 rings (SSSR count). The van der Waals surface area contributed by atoms with E-state index in [1.54, 1.807) is 19.1 Å². The fraction of sp³-hybridized carbons (Fsp3) is 0.579. The highest BCUT2D eigenvalue weighted by Crippen LogP contribution is 2.32. The molecule has 31 heavy (non-hydrogen) atoms. The largest absolute Gasteiger partial charge is 0.379 e. The molecule has 0 spiro atoms. The number of anilines is 1. The molecular formula is C19H26N6O4S2. The van der Waals surface area contributed by atoms with Crippen LogP contribution >= 0.6 is 11.8 Å². The molecule has 12 heteroatoms. The molecule has 1 N–H and O–H groups in total. The number of thioether (sulfide) groups is 1. The van der Waals surface area contributed by atoms with E-state index < -0.39 is 15.3 Å². The molecule has 1 aromatic carbocycles. The summed E-state index contributed by atoms with van der Waals surface area (Å²) in [5.74, 6) is -0.199. The SMILES string of the molecule is C[C@@H](Sc1nnnn1C1CCCC1)C(=O)Nc1ccc(S(=O)(=O)N2CCOCC2)cc1. The fourth-order valence-electron chi connectivity index (χ4n) is 3.74. The molecule has 0 bridgehead atoms. The molecule has 1 amide bonds. The van der Waals surface area contributed by atoms with Gasteiger partial charge in [0.1, 0.15) is 0 Å². The maximum absolute atomic E-state index is 12.7. The molecule has 1 aromatic heterocycles. The first-order chi connectivity index (χ1) is 14.9. The van der Waals surface area contributed by atoms with Crippen LogP contribution in [-0.2, 0) is 19.6 Å². The monoisotopic (exact) mass is 466 g/mol. The van der Waals surface area contributed by atoms with Crippen LogP contribution in [0, 0.1) is 0 Å². The van der Waals surface area contributed by atoms with Crippen molar-refractivity contribution in [2.24, 2.45) is 0 Å². The van der Waals surface area contributed by atoms with Gasteiger partial charge in [-0.05, 0) is 54.5 Å². The normalized spacial score (nSPS) is 19.4. The molecule has 168 valence electrons. The van der Waals surface area contributed by atoms with Gasteiger partial charge in [0.15, 0.2) is 0 Å². The van der Waals surface area contributed by atoms with Crippen molar-refractivity contribution < 1.29 is 17.9 Å². The average Bonchev–Trinajstić information content (AvgIpc) is 3.46. The van der Waals surface area contributed by atoms with E-state index in [1.165, 1.54) is 41.0 Å². The summed E-state index contributed by atoms with van der Waals surface area (Å²) in [5, 5.41) is 15.0. The topological polar surface area (TPSA) is 119 Å². The van der Waals surface area contributed by atoms with Gasteiger partial charge in [-0.1, -0.05) is 24.6 Å². The second kappa shape index (κ2) is 9.63. The highest BCUT2D eigenvalue weighted by atomic mass is 32.2. The summed E-state index contributed by atoms with van der Waals surface area (Å²) < 4.78 is 33.9. The van der Waals surface area contributed by atoms with Crippen LogP contribution in [0.4, 0.5) is 5.69 Å². The van der Waals surface area contributed by atoms with Gasteiger partial charge in [0.05, 0.1) is 29.4 Å². The Morgan fingerprint density at radius 3 is 2.55 bits per heavy atom. The smallest absolute Gasteiger partial charge is 0.243 e. The van der Waals surface area contributed by atoms with Crippen molar-refractivity contribution >= 4 is 33.4 Å². The lowest BCUT2D eigenvalue weighted by Gasteiger charge is -2.26. The Morgan fingerprint density at radius 1 is 1.19 bits per heavy atom. The zero-order valence-corrected chi connectivity index (χ0v) is 18.9. The Morgan fingerprint density at radius 2 is 1.87 bits per heavy atom. The minimum atomic E-state index is -3.56. The number of benzene rings is 1. The van der Waals surface area contributed by atoms with Crippen molar-refractivity contribution in [2.45, 2.75) is 54.0 Å². The molecule has 2 aliphatic rings. The molecule has 0 radical (unpaired) electrons. The van der Waals surface area contributed by atoms with Gasteiger partial charge in [-0.3, -0.25) is 4.79 Å². The Labute approximate surface area is 185 Å². The van der Waals surface area contributed by atoms with Crippen molar-refractivity contribution in [3.05, 3.63) is 24.3 Å². The number of tetrazole rings is 1. The number of hydrogen-bond donors (Lipinski definition) is 1. The molecule has 1 aliphatic carbocycles. The van der Waals surface area contributed by atoms with Crippen LogP contribution in [0.5, 0.6) is 0 Å². The van der Waals surface area contributed by atoms with Gasteiger partial charge in [-0.25, -0.2) is 13.1 Å². The number of nitrogens with zero attached hydrogens (tertiary/aromatic N) is 5.